The van der Waals surface area contributed by atoms with Crippen LogP contribution in [0.3, 0.4) is 0 Å². The van der Waals surface area contributed by atoms with Crippen LogP contribution in [0.4, 0.5) is 10.1 Å². The lowest BCUT2D eigenvalue weighted by Gasteiger charge is -2.19. The number of aliphatic hydroxyl groups excluding tert-OH is 1. The number of aromatic nitrogens is 2. The molecule has 1 aliphatic heterocycles. The largest absolute Gasteiger partial charge is 0.495 e. The van der Waals surface area contributed by atoms with Crippen LogP contribution in [0.15, 0.2) is 60.7 Å². The molecule has 1 fully saturated rings. The van der Waals surface area contributed by atoms with Crippen molar-refractivity contribution in [1.29, 1.82) is 0 Å². The third-order valence-electron chi connectivity index (χ3n) is 5.42. The molecule has 3 heterocycles. The van der Waals surface area contributed by atoms with Crippen LogP contribution in [0.25, 0.3) is 33.4 Å². The van der Waals surface area contributed by atoms with E-state index in [0.717, 1.165) is 30.6 Å². The van der Waals surface area contributed by atoms with Gasteiger partial charge < -0.3 is 30.5 Å². The molecule has 8 nitrogen and oxygen atoms in total. The van der Waals surface area contributed by atoms with Crippen molar-refractivity contribution in [2.24, 2.45) is 0 Å². The number of nitrogen functional groups attached to an aromatic ring is 1. The number of carbonyl (C=O) groups excluding carboxylic acids is 1. The number of halogens is 1. The van der Waals surface area contributed by atoms with Gasteiger partial charge in [-0.25, -0.2) is 9.37 Å². The number of nitrogens with zero attached hydrogens (tertiary/aromatic N) is 1. The Bertz CT molecular complexity index is 1290. The predicted octanol–water partition coefficient (Wildman–Crippen LogP) is 4.68. The van der Waals surface area contributed by atoms with Gasteiger partial charge in [0.05, 0.1) is 23.7 Å². The van der Waals surface area contributed by atoms with Crippen LogP contribution in [0.1, 0.15) is 19.3 Å². The highest BCUT2D eigenvalue weighted by atomic mass is 32.2. The number of nitrogens with one attached hydrogen (secondary N) is 1. The topological polar surface area (TPSA) is 139 Å². The Kier molecular flexibility index (Phi) is 12.6. The van der Waals surface area contributed by atoms with Crippen LogP contribution in [-0.2, 0) is 20.3 Å². The van der Waals surface area contributed by atoms with Crippen molar-refractivity contribution in [3.8, 4) is 28.3 Å². The molecule has 2 aromatic carbocycles. The molecule has 0 bridgehead atoms. The monoisotopic (exact) mass is 543 g/mol. The number of benzene rings is 2. The third-order valence-corrected chi connectivity index (χ3v) is 5.42. The number of ether oxygens (including phenoxy) is 1. The number of nitrogens with two attached hydrogens (primary N) is 1. The molecule has 0 spiro atoms. The van der Waals surface area contributed by atoms with E-state index in [4.69, 9.17) is 20.4 Å². The van der Waals surface area contributed by atoms with Crippen LogP contribution < -0.4 is 5.73 Å². The van der Waals surface area contributed by atoms with Crippen molar-refractivity contribution in [2.75, 3.05) is 31.5 Å². The van der Waals surface area contributed by atoms with Gasteiger partial charge in [0.25, 0.3) is 0 Å². The van der Waals surface area contributed by atoms with E-state index in [0.29, 0.717) is 22.3 Å². The predicted molar refractivity (Wildman–Crippen MR) is 151 cm³/mol. The van der Waals surface area contributed by atoms with Gasteiger partial charge in [0, 0.05) is 53.3 Å². The Labute approximate surface area is 224 Å². The number of H-pyrrole nitrogens is 1. The molecule has 1 aliphatic rings. The SMILES string of the molecule is C=O.CS(C)=O.Nc1ccc(-c2ccc(-c3nc4cc(O)[nH]c4cc3F)cc2)cc1.OC[C@@H]1CCCCO1. The molecule has 1 atom stereocenters. The molecule has 0 unspecified atom stereocenters. The van der Waals surface area contributed by atoms with E-state index in [-0.39, 0.29) is 24.3 Å². The molecule has 4 aromatic rings. The molecule has 204 valence electrons. The van der Waals surface area contributed by atoms with Gasteiger partial charge in [-0.3, -0.25) is 4.21 Å². The maximum atomic E-state index is 14.3. The smallest absolute Gasteiger partial charge is 0.190 e. The minimum Gasteiger partial charge on any atom is -0.495 e. The Balaban J connectivity index is 0.000000300. The highest BCUT2D eigenvalue weighted by Crippen LogP contribution is 2.28. The summed E-state index contributed by atoms with van der Waals surface area (Å²) in [5, 5.41) is 18.0. The summed E-state index contributed by atoms with van der Waals surface area (Å²) in [6.45, 7) is 3.03. The van der Waals surface area contributed by atoms with Crippen molar-refractivity contribution in [3.05, 3.63) is 66.5 Å². The van der Waals surface area contributed by atoms with Crippen molar-refractivity contribution < 1.29 is 28.3 Å². The Hall–Kier alpha value is -3.60. The summed E-state index contributed by atoms with van der Waals surface area (Å²) < 4.78 is 29.0. The first-order valence-corrected chi connectivity index (χ1v) is 13.8. The summed E-state index contributed by atoms with van der Waals surface area (Å²) in [7, 11) is -0.611. The minimum absolute atomic E-state index is 0.0345. The fraction of sp³-hybridized carbons (Fsp3) is 0.286. The molecular formula is C28H34FN3O5S. The number of carbonyl (C=O) groups is 1. The lowest BCUT2D eigenvalue weighted by Crippen LogP contribution is -2.22. The second-order valence-electron chi connectivity index (χ2n) is 8.52. The highest BCUT2D eigenvalue weighted by Gasteiger charge is 2.12. The normalized spacial score (nSPS) is 14.4. The molecule has 0 saturated carbocycles. The zero-order valence-electron chi connectivity index (χ0n) is 21.5. The second kappa shape index (κ2) is 15.6. The fourth-order valence-corrected chi connectivity index (χ4v) is 3.67. The van der Waals surface area contributed by atoms with Gasteiger partial charge in [-0.15, -0.1) is 0 Å². The van der Waals surface area contributed by atoms with Gasteiger partial charge in [-0.2, -0.15) is 0 Å². The number of aromatic hydroxyl groups is 1. The number of fused-ring (bicyclic) bond motifs is 1. The maximum absolute atomic E-state index is 14.3. The minimum atomic E-state index is -0.611. The standard InChI is InChI=1S/C19H14FN3O.C6H12O2.C2H6OS.CH2O/c20-15-9-16-17(10-18(24)22-16)23-19(15)13-3-1-11(2-4-13)12-5-7-14(21)8-6-12;7-5-6-3-1-2-4-8-6;1-4(2)3;1-2/h1-10,22,24H,21H2;6-7H,1-5H2;1-2H3;1H2/t;6-;;/m.0../s1. The number of hydrogen-bond acceptors (Lipinski definition) is 7. The molecule has 0 aliphatic carbocycles. The lowest BCUT2D eigenvalue weighted by molar-refractivity contribution is -0.0980. The van der Waals surface area contributed by atoms with Crippen LogP contribution in [0.5, 0.6) is 5.88 Å². The first-order valence-electron chi connectivity index (χ1n) is 11.9. The molecular weight excluding hydrogens is 509 g/mol. The van der Waals surface area contributed by atoms with E-state index in [1.54, 1.807) is 12.5 Å². The van der Waals surface area contributed by atoms with Crippen LogP contribution >= 0.6 is 0 Å². The maximum Gasteiger partial charge on any atom is 0.190 e. The summed E-state index contributed by atoms with van der Waals surface area (Å²) in [4.78, 5) is 15.0. The summed E-state index contributed by atoms with van der Waals surface area (Å²) in [6, 6.07) is 17.9. The molecule has 2 aromatic heterocycles. The molecule has 10 heteroatoms. The highest BCUT2D eigenvalue weighted by molar-refractivity contribution is 7.83. The van der Waals surface area contributed by atoms with Crippen LogP contribution in [0, 0.1) is 5.82 Å². The number of rotatable bonds is 3. The van der Waals surface area contributed by atoms with E-state index in [1.807, 2.05) is 55.3 Å². The van der Waals surface area contributed by atoms with Crippen LogP contribution in [-0.4, -0.2) is 63.0 Å². The van der Waals surface area contributed by atoms with Gasteiger partial charge in [0.15, 0.2) is 11.7 Å². The molecule has 0 radical (unpaired) electrons. The van der Waals surface area contributed by atoms with Gasteiger partial charge in [0.1, 0.15) is 12.5 Å². The Morgan fingerprint density at radius 2 is 1.61 bits per heavy atom. The van der Waals surface area contributed by atoms with Crippen molar-refractivity contribution >= 4 is 34.3 Å². The average Bonchev–Trinajstić information content (AvgIpc) is 3.29. The quantitative estimate of drug-likeness (QED) is 0.275. The number of aliphatic hydroxyl groups is 1. The van der Waals surface area contributed by atoms with Gasteiger partial charge in [-0.05, 0) is 42.5 Å². The van der Waals surface area contributed by atoms with E-state index < -0.39 is 16.6 Å². The second-order valence-corrected chi connectivity index (χ2v) is 10.0. The fourth-order valence-electron chi connectivity index (χ4n) is 3.67. The number of pyridine rings is 1. The van der Waals surface area contributed by atoms with E-state index in [2.05, 4.69) is 9.97 Å². The Morgan fingerprint density at radius 3 is 2.11 bits per heavy atom. The first kappa shape index (κ1) is 30.6. The number of anilines is 1. The van der Waals surface area contributed by atoms with E-state index in [9.17, 15) is 13.7 Å². The zero-order valence-corrected chi connectivity index (χ0v) is 22.3. The molecule has 38 heavy (non-hydrogen) atoms. The van der Waals surface area contributed by atoms with E-state index in [1.165, 1.54) is 18.6 Å². The van der Waals surface area contributed by atoms with Crippen molar-refractivity contribution in [2.45, 2.75) is 25.4 Å². The third kappa shape index (κ3) is 9.37. The van der Waals surface area contributed by atoms with Crippen LogP contribution in [0.2, 0.25) is 0 Å². The number of hydrogen-bond donors (Lipinski definition) is 4. The summed E-state index contributed by atoms with van der Waals surface area (Å²) in [5.41, 5.74) is 10.4. The van der Waals surface area contributed by atoms with Crippen molar-refractivity contribution in [1.82, 2.24) is 9.97 Å². The Morgan fingerprint density at radius 1 is 1.05 bits per heavy atom. The average molecular weight is 544 g/mol. The molecule has 5 rings (SSSR count). The van der Waals surface area contributed by atoms with E-state index >= 15 is 0 Å². The van der Waals surface area contributed by atoms with Gasteiger partial charge >= 0.3 is 0 Å². The number of aromatic amines is 1. The van der Waals surface area contributed by atoms with Crippen molar-refractivity contribution in [3.63, 3.8) is 0 Å². The van der Waals surface area contributed by atoms with Gasteiger partial charge in [-0.1, -0.05) is 36.4 Å². The molecule has 0 amide bonds. The summed E-state index contributed by atoms with van der Waals surface area (Å²) in [5.74, 6) is -0.475. The van der Waals surface area contributed by atoms with Gasteiger partial charge in [0.2, 0.25) is 0 Å². The zero-order chi connectivity index (χ0) is 28.1. The lowest BCUT2D eigenvalue weighted by atomic mass is 10.0. The summed E-state index contributed by atoms with van der Waals surface area (Å²) in [6.07, 6.45) is 6.84. The first-order chi connectivity index (χ1) is 18.3. The molecule has 1 saturated heterocycles. The molecule has 5 N–H and O–H groups in total. The summed E-state index contributed by atoms with van der Waals surface area (Å²) >= 11 is 0.